The molecule has 0 atom stereocenters. The van der Waals surface area contributed by atoms with E-state index < -0.39 is 5.97 Å². The monoisotopic (exact) mass is 360 g/mol. The molecule has 22 heavy (non-hydrogen) atoms. The van der Waals surface area contributed by atoms with E-state index in [4.69, 9.17) is 4.74 Å². The number of hydrogen-bond donors (Lipinski definition) is 0. The predicted molar refractivity (Wildman–Crippen MR) is 84.3 cm³/mol. The molecule has 0 aliphatic rings. The van der Waals surface area contributed by atoms with Crippen molar-refractivity contribution >= 4 is 28.2 Å². The average molecular weight is 361 g/mol. The van der Waals surface area contributed by atoms with Gasteiger partial charge in [0.2, 0.25) is 0 Å². The molecule has 1 aromatic carbocycles. The summed E-state index contributed by atoms with van der Waals surface area (Å²) in [4.78, 5) is 27.4. The molecule has 112 valence electrons. The lowest BCUT2D eigenvalue weighted by atomic mass is 10.2. The molecule has 0 bridgehead atoms. The smallest absolute Gasteiger partial charge is 0.357 e. The maximum Gasteiger partial charge on any atom is 0.357 e. The number of aromatic nitrogens is 2. The first-order valence-corrected chi connectivity index (χ1v) is 7.28. The SMILES string of the molecule is CC#CCn1c(Br)nc(C=O)c1C(=O)OCc1ccccc1. The van der Waals surface area contributed by atoms with Gasteiger partial charge >= 0.3 is 5.97 Å². The minimum Gasteiger partial charge on any atom is -0.456 e. The molecular formula is C16H13BrN2O3. The summed E-state index contributed by atoms with van der Waals surface area (Å²) in [7, 11) is 0. The number of esters is 1. The predicted octanol–water partition coefficient (Wildman–Crippen LogP) is 2.84. The quantitative estimate of drug-likeness (QED) is 0.467. The number of nitrogens with zero attached hydrogens (tertiary/aromatic N) is 2. The van der Waals surface area contributed by atoms with Crippen molar-refractivity contribution in [1.82, 2.24) is 9.55 Å². The van der Waals surface area contributed by atoms with Gasteiger partial charge in [0, 0.05) is 0 Å². The molecule has 0 saturated carbocycles. The summed E-state index contributed by atoms with van der Waals surface area (Å²) in [5.74, 6) is 4.96. The Bertz CT molecular complexity index is 742. The third-order valence-electron chi connectivity index (χ3n) is 2.88. The number of halogens is 1. The van der Waals surface area contributed by atoms with Gasteiger partial charge in [0.15, 0.2) is 16.7 Å². The molecule has 0 radical (unpaired) electrons. The van der Waals surface area contributed by atoms with Gasteiger partial charge in [0.1, 0.15) is 12.3 Å². The summed E-state index contributed by atoms with van der Waals surface area (Å²) >= 11 is 3.22. The van der Waals surface area contributed by atoms with Crippen molar-refractivity contribution in [3.05, 3.63) is 52.0 Å². The summed E-state index contributed by atoms with van der Waals surface area (Å²) in [6, 6.07) is 9.30. The highest BCUT2D eigenvalue weighted by Crippen LogP contribution is 2.17. The highest BCUT2D eigenvalue weighted by Gasteiger charge is 2.22. The molecule has 0 fully saturated rings. The molecule has 5 nitrogen and oxygen atoms in total. The van der Waals surface area contributed by atoms with E-state index in [0.717, 1.165) is 5.56 Å². The van der Waals surface area contributed by atoms with E-state index >= 15 is 0 Å². The standard InChI is InChI=1S/C16H13BrN2O3/c1-2-3-9-19-14(13(10-20)18-16(19)17)15(21)22-11-12-7-5-4-6-8-12/h4-8,10H,9,11H2,1H3. The lowest BCUT2D eigenvalue weighted by Crippen LogP contribution is -2.14. The van der Waals surface area contributed by atoms with Gasteiger partial charge in [0.25, 0.3) is 0 Å². The zero-order chi connectivity index (χ0) is 15.9. The molecule has 0 unspecified atom stereocenters. The first-order valence-electron chi connectivity index (χ1n) is 6.49. The van der Waals surface area contributed by atoms with Crippen LogP contribution < -0.4 is 0 Å². The topological polar surface area (TPSA) is 61.2 Å². The molecule has 2 aromatic rings. The van der Waals surface area contributed by atoms with Crippen LogP contribution in [-0.4, -0.2) is 21.8 Å². The Balaban J connectivity index is 2.23. The fraction of sp³-hybridized carbons (Fsp3) is 0.188. The van der Waals surface area contributed by atoms with Crippen LogP contribution in [0.5, 0.6) is 0 Å². The van der Waals surface area contributed by atoms with E-state index in [2.05, 4.69) is 32.8 Å². The second-order valence-corrected chi connectivity index (χ2v) is 5.02. The second kappa shape index (κ2) is 7.57. The van der Waals surface area contributed by atoms with E-state index in [0.29, 0.717) is 11.0 Å². The van der Waals surface area contributed by atoms with E-state index in [1.807, 2.05) is 30.3 Å². The van der Waals surface area contributed by atoms with Crippen molar-refractivity contribution in [1.29, 1.82) is 0 Å². The van der Waals surface area contributed by atoms with Crippen molar-refractivity contribution in [3.63, 3.8) is 0 Å². The molecule has 0 saturated heterocycles. The number of hydrogen-bond acceptors (Lipinski definition) is 4. The zero-order valence-corrected chi connectivity index (χ0v) is 13.5. The van der Waals surface area contributed by atoms with Crippen molar-refractivity contribution in [2.24, 2.45) is 0 Å². The Morgan fingerprint density at radius 1 is 1.41 bits per heavy atom. The van der Waals surface area contributed by atoms with Crippen LogP contribution >= 0.6 is 15.9 Å². The van der Waals surface area contributed by atoms with Gasteiger partial charge in [0.05, 0.1) is 6.54 Å². The molecule has 0 spiro atoms. The maximum atomic E-state index is 12.3. The number of rotatable bonds is 5. The number of carbonyl (C=O) groups is 2. The van der Waals surface area contributed by atoms with Crippen LogP contribution in [0.2, 0.25) is 0 Å². The molecule has 0 aliphatic carbocycles. The average Bonchev–Trinajstić information content (AvgIpc) is 2.87. The molecule has 0 N–H and O–H groups in total. The van der Waals surface area contributed by atoms with Crippen LogP contribution in [0.25, 0.3) is 0 Å². The molecule has 1 heterocycles. The lowest BCUT2D eigenvalue weighted by Gasteiger charge is -2.07. The van der Waals surface area contributed by atoms with Gasteiger partial charge in [-0.05, 0) is 28.4 Å². The Labute approximate surface area is 136 Å². The fourth-order valence-electron chi connectivity index (χ4n) is 1.83. The van der Waals surface area contributed by atoms with Gasteiger partial charge in [-0.25, -0.2) is 9.78 Å². The number of aldehydes is 1. The van der Waals surface area contributed by atoms with Crippen molar-refractivity contribution in [3.8, 4) is 11.8 Å². The summed E-state index contributed by atoms with van der Waals surface area (Å²) in [6.07, 6.45) is 0.528. The summed E-state index contributed by atoms with van der Waals surface area (Å²) in [5.41, 5.74) is 0.991. The number of benzene rings is 1. The zero-order valence-electron chi connectivity index (χ0n) is 11.9. The molecule has 1 aromatic heterocycles. The van der Waals surface area contributed by atoms with E-state index in [1.54, 1.807) is 6.92 Å². The van der Waals surface area contributed by atoms with Gasteiger partial charge in [-0.1, -0.05) is 36.3 Å². The fourth-order valence-corrected chi connectivity index (χ4v) is 2.33. The second-order valence-electron chi connectivity index (χ2n) is 4.31. The molecule has 2 rings (SSSR count). The van der Waals surface area contributed by atoms with Crippen molar-refractivity contribution < 1.29 is 14.3 Å². The summed E-state index contributed by atoms with van der Waals surface area (Å²) < 4.78 is 7.14. The van der Waals surface area contributed by atoms with E-state index in [-0.39, 0.29) is 24.5 Å². The van der Waals surface area contributed by atoms with Crippen LogP contribution in [0.1, 0.15) is 33.5 Å². The number of carbonyl (C=O) groups excluding carboxylic acids is 2. The minimum atomic E-state index is -0.609. The van der Waals surface area contributed by atoms with E-state index in [9.17, 15) is 9.59 Å². The first-order chi connectivity index (χ1) is 10.7. The minimum absolute atomic E-state index is 0.0304. The van der Waals surface area contributed by atoms with Crippen LogP contribution in [0.15, 0.2) is 35.1 Å². The molecule has 0 aliphatic heterocycles. The summed E-state index contributed by atoms with van der Waals surface area (Å²) in [6.45, 7) is 2.06. The molecule has 6 heteroatoms. The first kappa shape index (κ1) is 16.0. The van der Waals surface area contributed by atoms with Gasteiger partial charge < -0.3 is 9.30 Å². The van der Waals surface area contributed by atoms with Gasteiger partial charge in [-0.2, -0.15) is 0 Å². The Kier molecular flexibility index (Phi) is 5.50. The van der Waals surface area contributed by atoms with Crippen LogP contribution in [0.3, 0.4) is 0 Å². The van der Waals surface area contributed by atoms with Crippen molar-refractivity contribution in [2.45, 2.75) is 20.1 Å². The van der Waals surface area contributed by atoms with Crippen molar-refractivity contribution in [2.75, 3.05) is 0 Å². The Morgan fingerprint density at radius 3 is 2.77 bits per heavy atom. The Hall–Kier alpha value is -2.39. The molecular weight excluding hydrogens is 348 g/mol. The Morgan fingerprint density at radius 2 is 2.14 bits per heavy atom. The largest absolute Gasteiger partial charge is 0.456 e. The van der Waals surface area contributed by atoms with Crippen LogP contribution in [-0.2, 0) is 17.9 Å². The number of ether oxygens (including phenoxy) is 1. The maximum absolute atomic E-state index is 12.3. The van der Waals surface area contributed by atoms with Gasteiger partial charge in [-0.15, -0.1) is 5.92 Å². The normalized spacial score (nSPS) is 9.73. The third-order valence-corrected chi connectivity index (χ3v) is 3.49. The van der Waals surface area contributed by atoms with E-state index in [1.165, 1.54) is 4.57 Å². The van der Waals surface area contributed by atoms with Gasteiger partial charge in [-0.3, -0.25) is 4.79 Å². The highest BCUT2D eigenvalue weighted by atomic mass is 79.9. The number of imidazole rings is 1. The molecule has 0 amide bonds. The highest BCUT2D eigenvalue weighted by molar-refractivity contribution is 9.10. The van der Waals surface area contributed by atoms with Crippen LogP contribution in [0.4, 0.5) is 0 Å². The lowest BCUT2D eigenvalue weighted by molar-refractivity contribution is 0.0458. The summed E-state index contributed by atoms with van der Waals surface area (Å²) in [5, 5.41) is 0. The third kappa shape index (κ3) is 3.62. The van der Waals surface area contributed by atoms with Crippen LogP contribution in [0, 0.1) is 11.8 Å².